The Labute approximate surface area is 156 Å². The summed E-state index contributed by atoms with van der Waals surface area (Å²) in [5.41, 5.74) is 0.277. The van der Waals surface area contributed by atoms with Crippen molar-refractivity contribution in [3.8, 4) is 5.75 Å². The van der Waals surface area contributed by atoms with E-state index in [9.17, 15) is 4.79 Å². The second-order valence-electron chi connectivity index (χ2n) is 8.05. The average Bonchev–Trinajstić information content (AvgIpc) is 3.33. The van der Waals surface area contributed by atoms with Gasteiger partial charge in [-0.1, -0.05) is 18.2 Å². The van der Waals surface area contributed by atoms with Crippen molar-refractivity contribution in [2.75, 3.05) is 45.9 Å². The molecular formula is C21H30N2O3. The van der Waals surface area contributed by atoms with Gasteiger partial charge in [0.05, 0.1) is 0 Å². The van der Waals surface area contributed by atoms with E-state index in [-0.39, 0.29) is 17.4 Å². The molecule has 0 N–H and O–H groups in total. The number of carbonyl (C=O) groups excluding carboxylic acids is 1. The number of amides is 1. The molecule has 0 aliphatic carbocycles. The average molecular weight is 358 g/mol. The van der Waals surface area contributed by atoms with Crippen molar-refractivity contribution >= 4 is 5.91 Å². The third-order valence-corrected chi connectivity index (χ3v) is 6.12. The van der Waals surface area contributed by atoms with E-state index in [1.54, 1.807) is 0 Å². The van der Waals surface area contributed by atoms with Crippen molar-refractivity contribution < 1.29 is 14.3 Å². The van der Waals surface area contributed by atoms with Crippen LogP contribution in [0.3, 0.4) is 0 Å². The van der Waals surface area contributed by atoms with Gasteiger partial charge in [0.2, 0.25) is 0 Å². The third kappa shape index (κ3) is 4.04. The fraction of sp³-hybridized carbons (Fsp3) is 0.667. The SMILES string of the molecule is O=C([C@@H]1CCCO1)N1CCC2(CCCN(CCOc3ccccc3)C2)C1. The first kappa shape index (κ1) is 17.8. The molecule has 5 nitrogen and oxygen atoms in total. The molecule has 3 aliphatic heterocycles. The van der Waals surface area contributed by atoms with E-state index in [4.69, 9.17) is 9.47 Å². The summed E-state index contributed by atoms with van der Waals surface area (Å²) in [4.78, 5) is 17.2. The molecule has 26 heavy (non-hydrogen) atoms. The number of carbonyl (C=O) groups is 1. The van der Waals surface area contributed by atoms with Gasteiger partial charge in [0.15, 0.2) is 0 Å². The lowest BCUT2D eigenvalue weighted by molar-refractivity contribution is -0.140. The Morgan fingerprint density at radius 1 is 1.15 bits per heavy atom. The van der Waals surface area contributed by atoms with Crippen LogP contribution >= 0.6 is 0 Å². The van der Waals surface area contributed by atoms with E-state index in [1.807, 2.05) is 30.3 Å². The van der Waals surface area contributed by atoms with Gasteiger partial charge in [-0.05, 0) is 50.8 Å². The van der Waals surface area contributed by atoms with Crippen LogP contribution in [-0.4, -0.2) is 67.7 Å². The van der Waals surface area contributed by atoms with Crippen molar-refractivity contribution in [1.29, 1.82) is 0 Å². The molecule has 1 aromatic rings. The number of piperidine rings is 1. The van der Waals surface area contributed by atoms with E-state index >= 15 is 0 Å². The predicted molar refractivity (Wildman–Crippen MR) is 100 cm³/mol. The van der Waals surface area contributed by atoms with Crippen LogP contribution in [0.4, 0.5) is 0 Å². The molecule has 4 rings (SSSR count). The maximum Gasteiger partial charge on any atom is 0.251 e. The quantitative estimate of drug-likeness (QED) is 0.811. The second kappa shape index (κ2) is 7.97. The molecule has 3 heterocycles. The summed E-state index contributed by atoms with van der Waals surface area (Å²) >= 11 is 0. The first-order valence-electron chi connectivity index (χ1n) is 10.0. The molecule has 0 aromatic heterocycles. The lowest BCUT2D eigenvalue weighted by Gasteiger charge is -2.40. The zero-order chi connectivity index (χ0) is 17.8. The Bertz CT molecular complexity index is 603. The van der Waals surface area contributed by atoms with Crippen LogP contribution in [-0.2, 0) is 9.53 Å². The Morgan fingerprint density at radius 2 is 2.04 bits per heavy atom. The Hall–Kier alpha value is -1.59. The normalized spacial score (nSPS) is 29.4. The van der Waals surface area contributed by atoms with Crippen LogP contribution in [0, 0.1) is 5.41 Å². The minimum atomic E-state index is -0.177. The molecule has 0 saturated carbocycles. The predicted octanol–water partition coefficient (Wildman–Crippen LogP) is 2.56. The van der Waals surface area contributed by atoms with Gasteiger partial charge < -0.3 is 14.4 Å². The molecule has 3 aliphatic rings. The maximum atomic E-state index is 12.7. The molecule has 1 aromatic carbocycles. The largest absolute Gasteiger partial charge is 0.492 e. The van der Waals surface area contributed by atoms with E-state index in [0.717, 1.165) is 70.9 Å². The van der Waals surface area contributed by atoms with Crippen molar-refractivity contribution in [3.63, 3.8) is 0 Å². The molecule has 2 atom stereocenters. The standard InChI is InChI=1S/C21H30N2O3/c24-20(19-8-4-14-26-19)23-12-10-21(17-23)9-5-11-22(16-21)13-15-25-18-6-2-1-3-7-18/h1-3,6-7,19H,4-5,8-17H2/t19-,21?/m0/s1. The summed E-state index contributed by atoms with van der Waals surface area (Å²) in [7, 11) is 0. The van der Waals surface area contributed by atoms with Gasteiger partial charge in [0, 0.05) is 38.2 Å². The molecule has 1 spiro atoms. The zero-order valence-corrected chi connectivity index (χ0v) is 15.6. The van der Waals surface area contributed by atoms with Gasteiger partial charge in [-0.2, -0.15) is 0 Å². The van der Waals surface area contributed by atoms with Crippen LogP contribution in [0.5, 0.6) is 5.75 Å². The van der Waals surface area contributed by atoms with Crippen molar-refractivity contribution in [2.24, 2.45) is 5.41 Å². The Morgan fingerprint density at radius 3 is 2.85 bits per heavy atom. The molecule has 3 fully saturated rings. The maximum absolute atomic E-state index is 12.7. The smallest absolute Gasteiger partial charge is 0.251 e. The van der Waals surface area contributed by atoms with E-state index < -0.39 is 0 Å². The van der Waals surface area contributed by atoms with Crippen molar-refractivity contribution in [3.05, 3.63) is 30.3 Å². The molecular weight excluding hydrogens is 328 g/mol. The number of hydrogen-bond acceptors (Lipinski definition) is 4. The number of para-hydroxylation sites is 1. The molecule has 1 unspecified atom stereocenters. The van der Waals surface area contributed by atoms with E-state index in [2.05, 4.69) is 9.80 Å². The fourth-order valence-electron chi connectivity index (χ4n) is 4.74. The number of benzene rings is 1. The van der Waals surface area contributed by atoms with Crippen molar-refractivity contribution in [2.45, 2.75) is 38.2 Å². The highest BCUT2D eigenvalue weighted by molar-refractivity contribution is 5.81. The molecule has 1 amide bonds. The summed E-state index contributed by atoms with van der Waals surface area (Å²) in [6.07, 6.45) is 5.31. The zero-order valence-electron chi connectivity index (χ0n) is 15.6. The van der Waals surface area contributed by atoms with Crippen molar-refractivity contribution in [1.82, 2.24) is 9.80 Å². The molecule has 0 bridgehead atoms. The van der Waals surface area contributed by atoms with Gasteiger partial charge in [0.25, 0.3) is 5.91 Å². The number of ether oxygens (including phenoxy) is 2. The van der Waals surface area contributed by atoms with Crippen LogP contribution in [0.15, 0.2) is 30.3 Å². The third-order valence-electron chi connectivity index (χ3n) is 6.12. The fourth-order valence-corrected chi connectivity index (χ4v) is 4.74. The van der Waals surface area contributed by atoms with Gasteiger partial charge in [-0.3, -0.25) is 9.69 Å². The summed E-state index contributed by atoms with van der Waals surface area (Å²) in [5, 5.41) is 0. The Kier molecular flexibility index (Phi) is 5.46. The molecule has 5 heteroatoms. The minimum Gasteiger partial charge on any atom is -0.492 e. The van der Waals surface area contributed by atoms with Crippen LogP contribution in [0.25, 0.3) is 0 Å². The number of nitrogens with zero attached hydrogens (tertiary/aromatic N) is 2. The molecule has 142 valence electrons. The number of hydrogen-bond donors (Lipinski definition) is 0. The van der Waals surface area contributed by atoms with Crippen LogP contribution in [0.2, 0.25) is 0 Å². The second-order valence-corrected chi connectivity index (χ2v) is 8.05. The summed E-state index contributed by atoms with van der Waals surface area (Å²) < 4.78 is 11.5. The summed E-state index contributed by atoms with van der Waals surface area (Å²) in [6, 6.07) is 10.0. The highest BCUT2D eigenvalue weighted by Crippen LogP contribution is 2.39. The summed E-state index contributed by atoms with van der Waals surface area (Å²) in [5.74, 6) is 1.16. The van der Waals surface area contributed by atoms with Crippen LogP contribution < -0.4 is 4.74 Å². The summed E-state index contributed by atoms with van der Waals surface area (Å²) in [6.45, 7) is 6.44. The lowest BCUT2D eigenvalue weighted by atomic mass is 9.79. The monoisotopic (exact) mass is 358 g/mol. The first-order valence-corrected chi connectivity index (χ1v) is 10.0. The highest BCUT2D eigenvalue weighted by atomic mass is 16.5. The number of rotatable bonds is 5. The molecule has 3 saturated heterocycles. The Balaban J connectivity index is 1.27. The minimum absolute atomic E-state index is 0.177. The van der Waals surface area contributed by atoms with Gasteiger partial charge in [0.1, 0.15) is 18.5 Å². The lowest BCUT2D eigenvalue weighted by Crippen LogP contribution is -2.47. The van der Waals surface area contributed by atoms with Gasteiger partial charge in [-0.15, -0.1) is 0 Å². The molecule has 0 radical (unpaired) electrons. The van der Waals surface area contributed by atoms with Crippen LogP contribution in [0.1, 0.15) is 32.1 Å². The van der Waals surface area contributed by atoms with E-state index in [1.165, 1.54) is 12.8 Å². The van der Waals surface area contributed by atoms with Gasteiger partial charge >= 0.3 is 0 Å². The first-order chi connectivity index (χ1) is 12.7. The van der Waals surface area contributed by atoms with Gasteiger partial charge in [-0.25, -0.2) is 0 Å². The highest BCUT2D eigenvalue weighted by Gasteiger charge is 2.44. The number of likely N-dealkylation sites (tertiary alicyclic amines) is 2. The topological polar surface area (TPSA) is 42.0 Å². The van der Waals surface area contributed by atoms with E-state index in [0.29, 0.717) is 0 Å².